The van der Waals surface area contributed by atoms with Crippen LogP contribution in [0.1, 0.15) is 11.3 Å². The lowest BCUT2D eigenvalue weighted by molar-refractivity contribution is -0.113. The van der Waals surface area contributed by atoms with Crippen molar-refractivity contribution in [3.8, 4) is 17.2 Å². The molecule has 3 aromatic rings. The number of nitrogens with zero attached hydrogens (tertiary/aromatic N) is 3. The Hall–Kier alpha value is -3.75. The van der Waals surface area contributed by atoms with Gasteiger partial charge in [0.1, 0.15) is 0 Å². The highest BCUT2D eigenvalue weighted by Gasteiger charge is 2.20. The lowest BCUT2D eigenvalue weighted by Gasteiger charge is -2.11. The number of phenolic OH excluding ortho intramolecular Hbond substituents is 1. The number of ether oxygens (including phenoxy) is 1. The molecule has 0 aliphatic heterocycles. The van der Waals surface area contributed by atoms with Crippen LogP contribution in [0.15, 0.2) is 76.3 Å². The third-order valence-electron chi connectivity index (χ3n) is 4.57. The summed E-state index contributed by atoms with van der Waals surface area (Å²) in [5, 5.41) is 20.5. The number of phenols is 1. The Balaban J connectivity index is 1.80. The van der Waals surface area contributed by atoms with Crippen molar-refractivity contribution in [1.82, 2.24) is 4.57 Å². The van der Waals surface area contributed by atoms with Gasteiger partial charge in [0.15, 0.2) is 23.1 Å². The van der Waals surface area contributed by atoms with Gasteiger partial charge < -0.3 is 9.84 Å². The van der Waals surface area contributed by atoms with E-state index in [0.717, 1.165) is 0 Å². The van der Waals surface area contributed by atoms with E-state index in [1.807, 2.05) is 0 Å². The molecular weight excluding hydrogens is 450 g/mol. The van der Waals surface area contributed by atoms with Crippen LogP contribution < -0.4 is 9.54 Å². The van der Waals surface area contributed by atoms with E-state index in [0.29, 0.717) is 32.5 Å². The van der Waals surface area contributed by atoms with Gasteiger partial charge in [0.2, 0.25) is 4.80 Å². The summed E-state index contributed by atoms with van der Waals surface area (Å²) in [6.45, 7) is 0. The predicted octanol–water partition coefficient (Wildman–Crippen LogP) is 3.93. The maximum Gasteiger partial charge on any atom is 0.215 e. The fraction of sp³-hybridized carbons (Fsp3) is 0.0435. The Morgan fingerprint density at radius 2 is 1.91 bits per heavy atom. The Labute approximate surface area is 191 Å². The van der Waals surface area contributed by atoms with Crippen molar-refractivity contribution < 1.29 is 19.4 Å². The third kappa shape index (κ3) is 4.46. The fourth-order valence-corrected chi connectivity index (χ4v) is 4.02. The van der Waals surface area contributed by atoms with Crippen molar-refractivity contribution in [2.45, 2.75) is 0 Å². The number of carbonyl (C=O) groups excluding carboxylic acids is 2. The quantitative estimate of drug-likeness (QED) is 0.351. The highest BCUT2D eigenvalue weighted by Crippen LogP contribution is 2.26. The number of rotatable bonds is 5. The van der Waals surface area contributed by atoms with Crippen LogP contribution in [-0.4, -0.2) is 34.6 Å². The highest BCUT2D eigenvalue weighted by molar-refractivity contribution is 7.07. The molecule has 0 amide bonds. The molecule has 0 saturated carbocycles. The number of hydrogen-bond acceptors (Lipinski definition) is 7. The van der Waals surface area contributed by atoms with Gasteiger partial charge in [-0.05, 0) is 66.3 Å². The lowest BCUT2D eigenvalue weighted by Crippen LogP contribution is -2.18. The predicted molar refractivity (Wildman–Crippen MR) is 124 cm³/mol. The molecule has 0 radical (unpaired) electrons. The van der Waals surface area contributed by atoms with Gasteiger partial charge in [-0.25, -0.2) is 0 Å². The second kappa shape index (κ2) is 9.17. The van der Waals surface area contributed by atoms with Crippen LogP contribution in [0.5, 0.6) is 11.5 Å². The van der Waals surface area contributed by atoms with Crippen LogP contribution in [0.3, 0.4) is 0 Å². The number of aromatic hydroxyl groups is 1. The highest BCUT2D eigenvalue weighted by atomic mass is 35.5. The number of halogens is 1. The van der Waals surface area contributed by atoms with E-state index in [1.54, 1.807) is 46.3 Å². The standard InChI is InChI=1S/C23H16ClN3O4S/c1-31-22-10-14(2-8-21(22)30)12-25-26-23-27(16-5-3-15(24)4-6-16)19(13-32-23)18-11-17(28)7-9-20(18)29/h2-13,30H,1H3/b25-12+,26-23-. The fourth-order valence-electron chi connectivity index (χ4n) is 3.04. The molecule has 9 heteroatoms. The number of hydrogen-bond donors (Lipinski definition) is 1. The van der Waals surface area contributed by atoms with E-state index in [9.17, 15) is 14.7 Å². The van der Waals surface area contributed by atoms with Crippen LogP contribution in [0, 0.1) is 0 Å². The average Bonchev–Trinajstić information content (AvgIpc) is 3.20. The second-order valence-corrected chi connectivity index (χ2v) is 7.92. The Morgan fingerprint density at radius 1 is 1.12 bits per heavy atom. The maximum absolute atomic E-state index is 12.4. The minimum atomic E-state index is -0.267. The molecule has 1 heterocycles. The summed E-state index contributed by atoms with van der Waals surface area (Å²) in [5.74, 6) is -0.175. The Kier molecular flexibility index (Phi) is 6.16. The van der Waals surface area contributed by atoms with Crippen LogP contribution in [0.2, 0.25) is 5.02 Å². The summed E-state index contributed by atoms with van der Waals surface area (Å²) in [6.07, 6.45) is 5.33. The first-order chi connectivity index (χ1) is 15.5. The second-order valence-electron chi connectivity index (χ2n) is 6.65. The molecule has 4 rings (SSSR count). The molecule has 1 N–H and O–H groups in total. The number of allylic oxidation sites excluding steroid dienone is 4. The zero-order chi connectivity index (χ0) is 22.7. The SMILES string of the molecule is COc1cc(/C=N/N=c2\scc(C3=CC(=O)C=CC3=O)n2-c2ccc(Cl)cc2)ccc1O. The van der Waals surface area contributed by atoms with Crippen molar-refractivity contribution in [2.75, 3.05) is 7.11 Å². The van der Waals surface area contributed by atoms with E-state index in [4.69, 9.17) is 16.3 Å². The van der Waals surface area contributed by atoms with Crippen molar-refractivity contribution in [3.05, 3.63) is 87.2 Å². The molecule has 1 aliphatic carbocycles. The molecule has 7 nitrogen and oxygen atoms in total. The Bertz CT molecular complexity index is 1360. The summed E-state index contributed by atoms with van der Waals surface area (Å²) >= 11 is 7.30. The van der Waals surface area contributed by atoms with Crippen molar-refractivity contribution >= 4 is 46.3 Å². The lowest BCUT2D eigenvalue weighted by atomic mass is 10.0. The molecule has 2 aromatic carbocycles. The van der Waals surface area contributed by atoms with Gasteiger partial charge in [-0.3, -0.25) is 14.2 Å². The van der Waals surface area contributed by atoms with Gasteiger partial charge in [0, 0.05) is 16.1 Å². The number of aromatic nitrogens is 1. The number of benzene rings is 2. The van der Waals surface area contributed by atoms with Crippen LogP contribution >= 0.6 is 22.9 Å². The third-order valence-corrected chi connectivity index (χ3v) is 5.64. The molecular formula is C23H16ClN3O4S. The van der Waals surface area contributed by atoms with E-state index < -0.39 is 0 Å². The molecule has 0 saturated heterocycles. The summed E-state index contributed by atoms with van der Waals surface area (Å²) < 4.78 is 6.84. The van der Waals surface area contributed by atoms with Crippen molar-refractivity contribution in [3.63, 3.8) is 0 Å². The monoisotopic (exact) mass is 465 g/mol. The van der Waals surface area contributed by atoms with Gasteiger partial charge in [-0.15, -0.1) is 16.4 Å². The van der Waals surface area contributed by atoms with Crippen LogP contribution in [0.4, 0.5) is 0 Å². The first-order valence-corrected chi connectivity index (χ1v) is 10.6. The van der Waals surface area contributed by atoms with Crippen LogP contribution in [-0.2, 0) is 9.59 Å². The van der Waals surface area contributed by atoms with Crippen LogP contribution in [0.25, 0.3) is 11.3 Å². The molecule has 160 valence electrons. The zero-order valence-corrected chi connectivity index (χ0v) is 18.3. The van der Waals surface area contributed by atoms with Gasteiger partial charge in [-0.2, -0.15) is 5.10 Å². The topological polar surface area (TPSA) is 93.3 Å². The minimum Gasteiger partial charge on any atom is -0.504 e. The first kappa shape index (κ1) is 21.5. The minimum absolute atomic E-state index is 0.0269. The summed E-state index contributed by atoms with van der Waals surface area (Å²) in [5.41, 5.74) is 2.19. The molecule has 1 aromatic heterocycles. The molecule has 0 fully saturated rings. The number of ketones is 2. The van der Waals surface area contributed by atoms with E-state index in [2.05, 4.69) is 10.2 Å². The van der Waals surface area contributed by atoms with E-state index in [-0.39, 0.29) is 22.9 Å². The van der Waals surface area contributed by atoms with Gasteiger partial charge in [-0.1, -0.05) is 11.6 Å². The smallest absolute Gasteiger partial charge is 0.215 e. The number of carbonyl (C=O) groups is 2. The molecule has 0 atom stereocenters. The van der Waals surface area contributed by atoms with Gasteiger partial charge in [0.25, 0.3) is 0 Å². The largest absolute Gasteiger partial charge is 0.504 e. The van der Waals surface area contributed by atoms with Crippen molar-refractivity contribution in [1.29, 1.82) is 0 Å². The maximum atomic E-state index is 12.4. The normalized spacial score (nSPS) is 14.3. The zero-order valence-electron chi connectivity index (χ0n) is 16.7. The first-order valence-electron chi connectivity index (χ1n) is 9.35. The number of thiazole rings is 1. The molecule has 32 heavy (non-hydrogen) atoms. The van der Waals surface area contributed by atoms with E-state index in [1.165, 1.54) is 49.0 Å². The molecule has 0 spiro atoms. The Morgan fingerprint density at radius 3 is 2.66 bits per heavy atom. The number of methoxy groups -OCH3 is 1. The molecule has 0 bridgehead atoms. The summed E-state index contributed by atoms with van der Waals surface area (Å²) in [6, 6.07) is 11.8. The summed E-state index contributed by atoms with van der Waals surface area (Å²) in [4.78, 5) is 24.8. The van der Waals surface area contributed by atoms with Crippen molar-refractivity contribution in [2.24, 2.45) is 10.2 Å². The molecule has 1 aliphatic rings. The molecule has 0 unspecified atom stereocenters. The van der Waals surface area contributed by atoms with Gasteiger partial charge >= 0.3 is 0 Å². The van der Waals surface area contributed by atoms with E-state index >= 15 is 0 Å². The summed E-state index contributed by atoms with van der Waals surface area (Å²) in [7, 11) is 1.46. The average molecular weight is 466 g/mol. The van der Waals surface area contributed by atoms with Gasteiger partial charge in [0.05, 0.1) is 24.6 Å².